The second-order valence-electron chi connectivity index (χ2n) is 3.23. The van der Waals surface area contributed by atoms with E-state index < -0.39 is 0 Å². The number of rotatable bonds is 4. The van der Waals surface area contributed by atoms with Crippen LogP contribution in [0.5, 0.6) is 11.5 Å². The molecule has 0 bridgehead atoms. The molecule has 1 aliphatic heterocycles. The number of ether oxygens (including phenoxy) is 4. The van der Waals surface area contributed by atoms with E-state index in [1.807, 2.05) is 0 Å². The summed E-state index contributed by atoms with van der Waals surface area (Å²) in [4.78, 5) is 0. The minimum absolute atomic E-state index is 0.194. The average molecular weight is 221 g/mol. The highest BCUT2D eigenvalue weighted by atomic mass is 16.7. The van der Waals surface area contributed by atoms with Gasteiger partial charge in [0, 0.05) is 13.2 Å². The van der Waals surface area contributed by atoms with Crippen molar-refractivity contribution in [3.8, 4) is 17.6 Å². The third-order valence-electron chi connectivity index (χ3n) is 2.18. The van der Waals surface area contributed by atoms with E-state index in [0.717, 1.165) is 5.56 Å². The van der Waals surface area contributed by atoms with Gasteiger partial charge in [-0.15, -0.1) is 0 Å². The molecule has 2 rings (SSSR count). The molecule has 0 radical (unpaired) electrons. The van der Waals surface area contributed by atoms with Gasteiger partial charge >= 0.3 is 0 Å². The zero-order chi connectivity index (χ0) is 11.4. The lowest BCUT2D eigenvalue weighted by molar-refractivity contribution is -0.0391. The first kappa shape index (κ1) is 10.7. The lowest BCUT2D eigenvalue weighted by atomic mass is 10.1. The Bertz CT molecular complexity index is 425. The summed E-state index contributed by atoms with van der Waals surface area (Å²) in [5.41, 5.74) is 1.30. The minimum atomic E-state index is 0.194. The maximum atomic E-state index is 8.97. The highest BCUT2D eigenvalue weighted by Gasteiger charge is 2.17. The van der Waals surface area contributed by atoms with Crippen molar-refractivity contribution in [2.45, 2.75) is 6.61 Å². The molecular formula is C11H11NO4. The second kappa shape index (κ2) is 4.84. The first-order valence-corrected chi connectivity index (χ1v) is 4.74. The molecule has 0 atom stereocenters. The normalized spacial score (nSPS) is 12.5. The maximum absolute atomic E-state index is 8.97. The summed E-state index contributed by atoms with van der Waals surface area (Å²) in [5.74, 6) is 1.25. The standard InChI is InChI=1S/C11H11NO4/c1-13-6-14-5-9-3-11-10(15-7-16-11)2-8(9)4-12/h2-3H,5-7H2,1H3. The summed E-state index contributed by atoms with van der Waals surface area (Å²) in [5, 5.41) is 8.97. The van der Waals surface area contributed by atoms with E-state index in [0.29, 0.717) is 23.7 Å². The molecule has 0 aromatic heterocycles. The monoisotopic (exact) mass is 221 g/mol. The predicted molar refractivity (Wildman–Crippen MR) is 53.9 cm³/mol. The summed E-state index contributed by atoms with van der Waals surface area (Å²) in [6, 6.07) is 5.52. The quantitative estimate of drug-likeness (QED) is 0.568. The van der Waals surface area contributed by atoms with Crippen LogP contribution in [0.1, 0.15) is 11.1 Å². The van der Waals surface area contributed by atoms with Gasteiger partial charge in [0.1, 0.15) is 6.79 Å². The number of hydrogen-bond acceptors (Lipinski definition) is 5. The number of benzene rings is 1. The van der Waals surface area contributed by atoms with Crippen LogP contribution in [0, 0.1) is 11.3 Å². The van der Waals surface area contributed by atoms with E-state index in [9.17, 15) is 0 Å². The zero-order valence-electron chi connectivity index (χ0n) is 8.86. The van der Waals surface area contributed by atoms with Crippen molar-refractivity contribution in [1.82, 2.24) is 0 Å². The van der Waals surface area contributed by atoms with Crippen LogP contribution in [0.3, 0.4) is 0 Å². The predicted octanol–water partition coefficient (Wildman–Crippen LogP) is 1.41. The molecule has 1 aliphatic rings. The molecule has 0 aliphatic carbocycles. The Kier molecular flexibility index (Phi) is 3.25. The van der Waals surface area contributed by atoms with Crippen molar-refractivity contribution < 1.29 is 18.9 Å². The van der Waals surface area contributed by atoms with Gasteiger partial charge in [0.25, 0.3) is 0 Å². The Morgan fingerprint density at radius 1 is 1.38 bits per heavy atom. The smallest absolute Gasteiger partial charge is 0.231 e. The van der Waals surface area contributed by atoms with Crippen molar-refractivity contribution >= 4 is 0 Å². The van der Waals surface area contributed by atoms with E-state index in [-0.39, 0.29) is 13.6 Å². The van der Waals surface area contributed by atoms with Crippen LogP contribution in [0.25, 0.3) is 0 Å². The van der Waals surface area contributed by atoms with Crippen molar-refractivity contribution in [1.29, 1.82) is 5.26 Å². The number of fused-ring (bicyclic) bond motifs is 1. The van der Waals surface area contributed by atoms with Crippen LogP contribution in [0.4, 0.5) is 0 Å². The van der Waals surface area contributed by atoms with Crippen molar-refractivity contribution in [2.24, 2.45) is 0 Å². The van der Waals surface area contributed by atoms with Crippen molar-refractivity contribution in [2.75, 3.05) is 20.7 Å². The summed E-state index contributed by atoms with van der Waals surface area (Å²) >= 11 is 0. The Morgan fingerprint density at radius 3 is 2.81 bits per heavy atom. The van der Waals surface area contributed by atoms with Crippen LogP contribution < -0.4 is 9.47 Å². The van der Waals surface area contributed by atoms with Gasteiger partial charge in [-0.25, -0.2) is 0 Å². The fourth-order valence-electron chi connectivity index (χ4n) is 1.44. The molecule has 0 saturated heterocycles. The Balaban J connectivity index is 2.20. The summed E-state index contributed by atoms with van der Waals surface area (Å²) in [6.45, 7) is 0.704. The van der Waals surface area contributed by atoms with Crippen LogP contribution in [-0.4, -0.2) is 20.7 Å². The van der Waals surface area contributed by atoms with Gasteiger partial charge in [-0.1, -0.05) is 0 Å². The highest BCUT2D eigenvalue weighted by molar-refractivity contribution is 5.52. The molecule has 1 aromatic carbocycles. The van der Waals surface area contributed by atoms with Gasteiger partial charge in [0.15, 0.2) is 11.5 Å². The summed E-state index contributed by atoms with van der Waals surface area (Å²) in [6.07, 6.45) is 0. The lowest BCUT2D eigenvalue weighted by Crippen LogP contribution is -1.99. The highest BCUT2D eigenvalue weighted by Crippen LogP contribution is 2.34. The maximum Gasteiger partial charge on any atom is 0.231 e. The summed E-state index contributed by atoms with van der Waals surface area (Å²) in [7, 11) is 1.55. The molecule has 16 heavy (non-hydrogen) atoms. The van der Waals surface area contributed by atoms with Gasteiger partial charge < -0.3 is 18.9 Å². The van der Waals surface area contributed by atoms with Crippen LogP contribution in [-0.2, 0) is 16.1 Å². The third kappa shape index (κ3) is 2.08. The molecule has 0 saturated carbocycles. The Morgan fingerprint density at radius 2 is 2.12 bits per heavy atom. The molecule has 0 unspecified atom stereocenters. The lowest BCUT2D eigenvalue weighted by Gasteiger charge is -2.06. The molecule has 5 heteroatoms. The first-order valence-electron chi connectivity index (χ1n) is 4.74. The SMILES string of the molecule is COCOCc1cc2c(cc1C#N)OCO2. The molecule has 0 spiro atoms. The van der Waals surface area contributed by atoms with E-state index in [4.69, 9.17) is 24.2 Å². The van der Waals surface area contributed by atoms with Crippen LogP contribution in [0.2, 0.25) is 0 Å². The number of methoxy groups -OCH3 is 1. The summed E-state index contributed by atoms with van der Waals surface area (Å²) < 4.78 is 20.4. The number of nitrogens with zero attached hydrogens (tertiary/aromatic N) is 1. The fraction of sp³-hybridized carbons (Fsp3) is 0.364. The largest absolute Gasteiger partial charge is 0.454 e. The molecule has 84 valence electrons. The van der Waals surface area contributed by atoms with E-state index >= 15 is 0 Å². The van der Waals surface area contributed by atoms with Crippen molar-refractivity contribution in [3.05, 3.63) is 23.3 Å². The molecule has 1 aromatic rings. The van der Waals surface area contributed by atoms with Crippen molar-refractivity contribution in [3.63, 3.8) is 0 Å². The van der Waals surface area contributed by atoms with Gasteiger partial charge in [-0.05, 0) is 11.6 Å². The zero-order valence-corrected chi connectivity index (χ0v) is 8.86. The van der Waals surface area contributed by atoms with E-state index in [1.54, 1.807) is 19.2 Å². The third-order valence-corrected chi connectivity index (χ3v) is 2.18. The average Bonchev–Trinajstić information content (AvgIpc) is 2.75. The molecule has 0 N–H and O–H groups in total. The second-order valence-corrected chi connectivity index (χ2v) is 3.23. The molecular weight excluding hydrogens is 210 g/mol. The molecule has 0 amide bonds. The van der Waals surface area contributed by atoms with E-state index in [2.05, 4.69) is 6.07 Å². The van der Waals surface area contributed by atoms with Gasteiger partial charge in [-0.2, -0.15) is 5.26 Å². The Hall–Kier alpha value is -1.77. The van der Waals surface area contributed by atoms with Gasteiger partial charge in [-0.3, -0.25) is 0 Å². The molecule has 5 nitrogen and oxygen atoms in total. The molecule has 0 fully saturated rings. The Labute approximate surface area is 93.1 Å². The first-order chi connectivity index (χ1) is 7.85. The van der Waals surface area contributed by atoms with E-state index in [1.165, 1.54) is 0 Å². The number of nitriles is 1. The minimum Gasteiger partial charge on any atom is -0.454 e. The fourth-order valence-corrected chi connectivity index (χ4v) is 1.44. The molecule has 1 heterocycles. The topological polar surface area (TPSA) is 60.7 Å². The number of hydrogen-bond donors (Lipinski definition) is 0. The van der Waals surface area contributed by atoms with Crippen LogP contribution >= 0.6 is 0 Å². The van der Waals surface area contributed by atoms with Gasteiger partial charge in [0.05, 0.1) is 18.2 Å². The van der Waals surface area contributed by atoms with Gasteiger partial charge in [0.2, 0.25) is 6.79 Å². The van der Waals surface area contributed by atoms with Crippen LogP contribution in [0.15, 0.2) is 12.1 Å².